The van der Waals surface area contributed by atoms with Gasteiger partial charge in [-0.1, -0.05) is 18.2 Å². The van der Waals surface area contributed by atoms with E-state index in [1.54, 1.807) is 30.3 Å². The molecule has 3 heterocycles. The van der Waals surface area contributed by atoms with E-state index >= 15 is 0 Å². The summed E-state index contributed by atoms with van der Waals surface area (Å²) in [5, 5.41) is 5.03. The van der Waals surface area contributed by atoms with Crippen LogP contribution in [0.25, 0.3) is 6.08 Å². The maximum atomic E-state index is 12.8. The van der Waals surface area contributed by atoms with E-state index in [4.69, 9.17) is 0 Å². The molecule has 0 aliphatic carbocycles. The average Bonchev–Trinajstić information content (AvgIpc) is 3.31. The van der Waals surface area contributed by atoms with Gasteiger partial charge in [0.2, 0.25) is 10.0 Å². The predicted octanol–water partition coefficient (Wildman–Crippen LogP) is 2.19. The fourth-order valence-corrected chi connectivity index (χ4v) is 5.77. The molecule has 10 heteroatoms. The third-order valence-corrected chi connectivity index (χ3v) is 8.05. The number of sulfonamides is 1. The van der Waals surface area contributed by atoms with Crippen molar-refractivity contribution in [1.82, 2.24) is 19.0 Å². The fraction of sp³-hybridized carbons (Fsp3) is 0.350. The van der Waals surface area contributed by atoms with Gasteiger partial charge in [-0.25, -0.2) is 8.42 Å². The van der Waals surface area contributed by atoms with Crippen molar-refractivity contribution < 1.29 is 13.2 Å². The van der Waals surface area contributed by atoms with Crippen LogP contribution < -0.4 is 0 Å². The highest BCUT2D eigenvalue weighted by atomic mass is 32.2. The molecule has 30 heavy (non-hydrogen) atoms. The summed E-state index contributed by atoms with van der Waals surface area (Å²) in [7, 11) is -3.50. The Morgan fingerprint density at radius 3 is 2.47 bits per heavy atom. The number of piperazine rings is 1. The predicted molar refractivity (Wildman–Crippen MR) is 117 cm³/mol. The number of hydrogen-bond acceptors (Lipinski definition) is 6. The number of carbonyl (C=O) groups is 1. The lowest BCUT2D eigenvalue weighted by molar-refractivity contribution is -0.113. The van der Waals surface area contributed by atoms with Crippen LogP contribution in [0.4, 0.5) is 0 Å². The van der Waals surface area contributed by atoms with E-state index in [1.807, 2.05) is 35.7 Å². The van der Waals surface area contributed by atoms with Gasteiger partial charge in [-0.05, 0) is 43.8 Å². The van der Waals surface area contributed by atoms with Crippen LogP contribution in [0.5, 0.6) is 0 Å². The lowest BCUT2D eigenvalue weighted by Crippen LogP contribution is -2.49. The lowest BCUT2D eigenvalue weighted by Gasteiger charge is -2.34. The van der Waals surface area contributed by atoms with Crippen LogP contribution in [0, 0.1) is 6.92 Å². The van der Waals surface area contributed by atoms with Gasteiger partial charge in [-0.15, -0.1) is 0 Å². The van der Waals surface area contributed by atoms with E-state index in [2.05, 4.69) is 10.1 Å². The molecule has 4 rings (SSSR count). The van der Waals surface area contributed by atoms with Crippen LogP contribution in [0.3, 0.4) is 0 Å². The molecule has 1 aromatic carbocycles. The number of thioether (sulfide) groups is 1. The molecule has 0 unspecified atom stereocenters. The SMILES string of the molecule is CCn1cc(/C=C2/SC(N3CCN(S(=O)(=O)c4ccccc4)CC3)=NC2=O)c(C)n1. The van der Waals surface area contributed by atoms with E-state index in [9.17, 15) is 13.2 Å². The van der Waals surface area contributed by atoms with Crippen molar-refractivity contribution in [1.29, 1.82) is 0 Å². The maximum Gasteiger partial charge on any atom is 0.286 e. The number of nitrogens with zero attached hydrogens (tertiary/aromatic N) is 5. The number of amidine groups is 1. The van der Waals surface area contributed by atoms with E-state index < -0.39 is 10.0 Å². The first-order valence-corrected chi connectivity index (χ1v) is 12.0. The summed E-state index contributed by atoms with van der Waals surface area (Å²) < 4.78 is 28.9. The first-order chi connectivity index (χ1) is 14.4. The number of amides is 1. The molecule has 0 saturated carbocycles. The summed E-state index contributed by atoms with van der Waals surface area (Å²) in [6.45, 7) is 6.38. The highest BCUT2D eigenvalue weighted by molar-refractivity contribution is 8.18. The third kappa shape index (κ3) is 4.07. The largest absolute Gasteiger partial charge is 0.348 e. The molecule has 0 radical (unpaired) electrons. The summed E-state index contributed by atoms with van der Waals surface area (Å²) in [6, 6.07) is 8.45. The molecule has 8 nitrogen and oxygen atoms in total. The summed E-state index contributed by atoms with van der Waals surface area (Å²) in [4.78, 5) is 19.4. The van der Waals surface area contributed by atoms with Gasteiger partial charge in [-0.2, -0.15) is 14.4 Å². The smallest absolute Gasteiger partial charge is 0.286 e. The molecule has 1 fully saturated rings. The van der Waals surface area contributed by atoms with Gasteiger partial charge in [0, 0.05) is 44.5 Å². The molecule has 158 valence electrons. The van der Waals surface area contributed by atoms with Gasteiger partial charge in [-0.3, -0.25) is 9.48 Å². The zero-order chi connectivity index (χ0) is 21.3. The van der Waals surface area contributed by atoms with Crippen LogP contribution in [0.2, 0.25) is 0 Å². The number of carbonyl (C=O) groups excluding carboxylic acids is 1. The first kappa shape index (κ1) is 20.8. The Hall–Kier alpha value is -2.43. The molecule has 2 aromatic rings. The van der Waals surface area contributed by atoms with Crippen molar-refractivity contribution in [3.63, 3.8) is 0 Å². The van der Waals surface area contributed by atoms with Crippen molar-refractivity contribution >= 4 is 38.9 Å². The minimum Gasteiger partial charge on any atom is -0.348 e. The van der Waals surface area contributed by atoms with Crippen LogP contribution in [-0.2, 0) is 21.4 Å². The third-order valence-electron chi connectivity index (χ3n) is 5.09. The van der Waals surface area contributed by atoms with Crippen molar-refractivity contribution in [2.75, 3.05) is 26.2 Å². The topological polar surface area (TPSA) is 87.9 Å². The van der Waals surface area contributed by atoms with Gasteiger partial charge < -0.3 is 4.90 Å². The summed E-state index contributed by atoms with van der Waals surface area (Å²) >= 11 is 1.33. The van der Waals surface area contributed by atoms with E-state index in [-0.39, 0.29) is 5.91 Å². The zero-order valence-electron chi connectivity index (χ0n) is 16.9. The molecule has 1 amide bonds. The van der Waals surface area contributed by atoms with Crippen molar-refractivity contribution in [2.45, 2.75) is 25.3 Å². The van der Waals surface area contributed by atoms with Crippen molar-refractivity contribution in [3.8, 4) is 0 Å². The summed E-state index contributed by atoms with van der Waals surface area (Å²) in [6.07, 6.45) is 3.75. The highest BCUT2D eigenvalue weighted by Gasteiger charge is 2.32. The van der Waals surface area contributed by atoms with Crippen LogP contribution in [0.15, 0.2) is 51.3 Å². The van der Waals surface area contributed by atoms with Crippen molar-refractivity contribution in [3.05, 3.63) is 52.7 Å². The molecule has 0 bridgehead atoms. The molecule has 2 aliphatic rings. The standard InChI is InChI=1S/C20H23N5O3S2/c1-3-24-14-16(15(2)22-24)13-18-19(26)21-20(29-18)23-9-11-25(12-10-23)30(27,28)17-7-5-4-6-8-17/h4-8,13-14H,3,9-12H2,1-2H3/b18-13+. The maximum absolute atomic E-state index is 12.8. The number of benzene rings is 1. The quantitative estimate of drug-likeness (QED) is 0.671. The minimum atomic E-state index is -3.50. The molecular formula is C20H23N5O3S2. The minimum absolute atomic E-state index is 0.266. The Morgan fingerprint density at radius 2 is 1.83 bits per heavy atom. The van der Waals surface area contributed by atoms with E-state index in [0.29, 0.717) is 41.1 Å². The van der Waals surface area contributed by atoms with Crippen LogP contribution >= 0.6 is 11.8 Å². The molecule has 1 saturated heterocycles. The Labute approximate surface area is 180 Å². The zero-order valence-corrected chi connectivity index (χ0v) is 18.5. The second-order valence-electron chi connectivity index (χ2n) is 7.04. The van der Waals surface area contributed by atoms with Gasteiger partial charge in [0.05, 0.1) is 15.5 Å². The Morgan fingerprint density at radius 1 is 1.13 bits per heavy atom. The van der Waals surface area contributed by atoms with Gasteiger partial charge in [0.25, 0.3) is 5.91 Å². The van der Waals surface area contributed by atoms with Crippen LogP contribution in [-0.4, -0.2) is 64.7 Å². The fourth-order valence-electron chi connectivity index (χ4n) is 3.37. The summed E-state index contributed by atoms with van der Waals surface area (Å²) in [5.74, 6) is -0.266. The molecule has 1 aromatic heterocycles. The highest BCUT2D eigenvalue weighted by Crippen LogP contribution is 2.31. The van der Waals surface area contributed by atoms with Gasteiger partial charge in [0.1, 0.15) is 0 Å². The normalized spacial score (nSPS) is 19.5. The number of aromatic nitrogens is 2. The molecule has 2 aliphatic heterocycles. The number of aryl methyl sites for hydroxylation is 2. The first-order valence-electron chi connectivity index (χ1n) is 9.75. The van der Waals surface area contributed by atoms with Crippen molar-refractivity contribution in [2.24, 2.45) is 4.99 Å². The molecule has 0 spiro atoms. The molecule has 0 N–H and O–H groups in total. The molecular weight excluding hydrogens is 422 g/mol. The van der Waals surface area contributed by atoms with E-state index in [0.717, 1.165) is 17.8 Å². The Kier molecular flexibility index (Phi) is 5.81. The second kappa shape index (κ2) is 8.37. The van der Waals surface area contributed by atoms with Gasteiger partial charge in [0.15, 0.2) is 5.17 Å². The van der Waals surface area contributed by atoms with Crippen LogP contribution in [0.1, 0.15) is 18.2 Å². The van der Waals surface area contributed by atoms with E-state index in [1.165, 1.54) is 16.1 Å². The summed E-state index contributed by atoms with van der Waals surface area (Å²) in [5.41, 5.74) is 1.77. The number of rotatable bonds is 4. The lowest BCUT2D eigenvalue weighted by atomic mass is 10.2. The molecule has 0 atom stereocenters. The average molecular weight is 446 g/mol. The number of aliphatic imine (C=N–C) groups is 1. The number of hydrogen-bond donors (Lipinski definition) is 0. The van der Waals surface area contributed by atoms with Gasteiger partial charge >= 0.3 is 0 Å². The Balaban J connectivity index is 1.42. The monoisotopic (exact) mass is 445 g/mol. The Bertz CT molecular complexity index is 1110. The second-order valence-corrected chi connectivity index (χ2v) is 9.99.